The third kappa shape index (κ3) is 3.70. The molecule has 4 rings (SSSR count). The van der Waals surface area contributed by atoms with Gasteiger partial charge in [0.25, 0.3) is 0 Å². The molecule has 3 fully saturated rings. The van der Waals surface area contributed by atoms with Gasteiger partial charge in [-0.15, -0.1) is 11.6 Å². The van der Waals surface area contributed by atoms with Crippen LogP contribution >= 0.6 is 11.6 Å². The number of esters is 2. The molecule has 3 saturated carbocycles. The van der Waals surface area contributed by atoms with Crippen LogP contribution in [0.1, 0.15) is 73.6 Å². The number of carbonyl (C=O) groups is 4. The van der Waals surface area contributed by atoms with Crippen LogP contribution in [-0.2, 0) is 28.7 Å². The zero-order valence-electron chi connectivity index (χ0n) is 22.6. The summed E-state index contributed by atoms with van der Waals surface area (Å²) in [5.41, 5.74) is -2.32. The van der Waals surface area contributed by atoms with Crippen LogP contribution < -0.4 is 0 Å². The normalized spacial score (nSPS) is 44.3. The van der Waals surface area contributed by atoms with Crippen LogP contribution in [0.25, 0.3) is 0 Å². The molecule has 0 heterocycles. The minimum absolute atomic E-state index is 0.0371. The summed E-state index contributed by atoms with van der Waals surface area (Å²) in [4.78, 5) is 49.7. The van der Waals surface area contributed by atoms with Crippen molar-refractivity contribution in [3.05, 3.63) is 23.8 Å². The van der Waals surface area contributed by atoms with Crippen molar-refractivity contribution in [1.29, 1.82) is 0 Å². The summed E-state index contributed by atoms with van der Waals surface area (Å²) in [7, 11) is 0. The number of allylic oxidation sites excluding steroid dienone is 4. The highest BCUT2D eigenvalue weighted by atomic mass is 35.5. The average Bonchev–Trinajstić information content (AvgIpc) is 3.07. The van der Waals surface area contributed by atoms with Crippen LogP contribution in [0.5, 0.6) is 0 Å². The Morgan fingerprint density at radius 2 is 1.73 bits per heavy atom. The fourth-order valence-corrected chi connectivity index (χ4v) is 8.89. The first-order valence-corrected chi connectivity index (χ1v) is 13.8. The molecule has 0 radical (unpaired) electrons. The van der Waals surface area contributed by atoms with Crippen LogP contribution in [0.2, 0.25) is 0 Å². The Labute approximate surface area is 224 Å². The summed E-state index contributed by atoms with van der Waals surface area (Å²) < 4.78 is 11.3. The highest BCUT2D eigenvalue weighted by molar-refractivity contribution is 6.26. The van der Waals surface area contributed by atoms with Crippen LogP contribution in [-0.4, -0.2) is 51.8 Å². The molecule has 0 saturated heterocycles. The lowest BCUT2D eigenvalue weighted by Gasteiger charge is -2.65. The number of alkyl halides is 1. The minimum atomic E-state index is -1.56. The third-order valence-electron chi connectivity index (χ3n) is 10.1. The van der Waals surface area contributed by atoms with Crippen LogP contribution in [0.3, 0.4) is 0 Å². The molecule has 7 nitrogen and oxygen atoms in total. The number of Topliss-reactive ketones (excluding diaryl/α,β-unsaturated/α-hetero) is 1. The monoisotopic (exact) mass is 534 g/mol. The first-order chi connectivity index (χ1) is 17.2. The number of hydrogen-bond acceptors (Lipinski definition) is 7. The van der Waals surface area contributed by atoms with Gasteiger partial charge in [-0.25, -0.2) is 0 Å². The molecule has 9 atom stereocenters. The molecule has 0 aliphatic heterocycles. The predicted molar refractivity (Wildman–Crippen MR) is 138 cm³/mol. The first kappa shape index (κ1) is 28.0. The molecule has 0 spiro atoms. The van der Waals surface area contributed by atoms with E-state index in [1.165, 1.54) is 6.08 Å². The summed E-state index contributed by atoms with van der Waals surface area (Å²) >= 11 is 7.54. The van der Waals surface area contributed by atoms with Gasteiger partial charge in [-0.1, -0.05) is 53.2 Å². The van der Waals surface area contributed by atoms with Gasteiger partial charge in [-0.3, -0.25) is 19.2 Å². The fraction of sp³-hybridized carbons (Fsp3) is 0.724. The summed E-state index contributed by atoms with van der Waals surface area (Å²) in [6.45, 7) is 10.7. The molecule has 8 heteroatoms. The Hall–Kier alpha value is -1.99. The molecule has 0 bridgehead atoms. The lowest BCUT2D eigenvalue weighted by Crippen LogP contribution is -2.70. The minimum Gasteiger partial charge on any atom is -0.457 e. The van der Waals surface area contributed by atoms with Gasteiger partial charge in [0.2, 0.25) is 5.78 Å². The molecule has 4 aliphatic carbocycles. The van der Waals surface area contributed by atoms with Crippen molar-refractivity contribution in [2.24, 2.45) is 34.5 Å². The summed E-state index contributed by atoms with van der Waals surface area (Å²) in [6, 6.07) is 0. The molecule has 4 aliphatic rings. The van der Waals surface area contributed by atoms with E-state index >= 15 is 0 Å². The SMILES string of the molecule is CCC(=O)OCC(=O)[C@@]1(OC(=O)CC)[C@@H](C)C[C@H]2[C@@H]3C[C@H](C)C4=CC(=O)C=C[C@]4(C)[C@@]3(Cl)[C@@H](O)C[C@@]21C. The maximum atomic E-state index is 13.9. The molecule has 37 heavy (non-hydrogen) atoms. The van der Waals surface area contributed by atoms with E-state index in [0.717, 1.165) is 5.57 Å². The van der Waals surface area contributed by atoms with E-state index in [-0.39, 0.29) is 48.7 Å². The maximum Gasteiger partial charge on any atom is 0.306 e. The van der Waals surface area contributed by atoms with Gasteiger partial charge < -0.3 is 14.6 Å². The van der Waals surface area contributed by atoms with Gasteiger partial charge in [0.05, 0.1) is 11.0 Å². The number of rotatable bonds is 6. The van der Waals surface area contributed by atoms with Crippen molar-refractivity contribution < 1.29 is 33.8 Å². The molecule has 0 aromatic carbocycles. The van der Waals surface area contributed by atoms with Gasteiger partial charge in [-0.05, 0) is 49.2 Å². The van der Waals surface area contributed by atoms with Crippen molar-refractivity contribution in [2.75, 3.05) is 6.61 Å². The summed E-state index contributed by atoms with van der Waals surface area (Å²) in [5, 5.41) is 11.9. The second-order valence-corrected chi connectivity index (χ2v) is 12.6. The topological polar surface area (TPSA) is 107 Å². The fourth-order valence-electron chi connectivity index (χ4n) is 8.40. The van der Waals surface area contributed by atoms with E-state index < -0.39 is 51.7 Å². The number of fused-ring (bicyclic) bond motifs is 5. The molecule has 0 aromatic heterocycles. The van der Waals surface area contributed by atoms with Gasteiger partial charge in [-0.2, -0.15) is 0 Å². The second-order valence-electron chi connectivity index (χ2n) is 11.9. The second kappa shape index (κ2) is 9.33. The van der Waals surface area contributed by atoms with Crippen molar-refractivity contribution in [3.8, 4) is 0 Å². The molecular formula is C29H39ClO7. The Morgan fingerprint density at radius 3 is 2.35 bits per heavy atom. The predicted octanol–water partition coefficient (Wildman–Crippen LogP) is 4.33. The first-order valence-electron chi connectivity index (χ1n) is 13.5. The lowest BCUT2D eigenvalue weighted by atomic mass is 9.44. The number of aliphatic hydroxyl groups excluding tert-OH is 1. The number of hydrogen-bond donors (Lipinski definition) is 1. The van der Waals surface area contributed by atoms with Gasteiger partial charge in [0.15, 0.2) is 18.0 Å². The Morgan fingerprint density at radius 1 is 1.08 bits per heavy atom. The average molecular weight is 535 g/mol. The number of aliphatic hydroxyl groups is 1. The molecule has 0 aromatic rings. The highest BCUT2D eigenvalue weighted by Gasteiger charge is 2.76. The van der Waals surface area contributed by atoms with E-state index in [0.29, 0.717) is 12.8 Å². The highest BCUT2D eigenvalue weighted by Crippen LogP contribution is 2.72. The summed E-state index contributed by atoms with van der Waals surface area (Å²) in [6.07, 6.45) is 5.52. The Balaban J connectivity index is 1.83. The molecule has 0 unspecified atom stereocenters. The molecular weight excluding hydrogens is 496 g/mol. The van der Waals surface area contributed by atoms with E-state index in [4.69, 9.17) is 21.1 Å². The zero-order chi connectivity index (χ0) is 27.6. The number of ether oxygens (including phenoxy) is 2. The lowest BCUT2D eigenvalue weighted by molar-refractivity contribution is -0.204. The smallest absolute Gasteiger partial charge is 0.306 e. The van der Waals surface area contributed by atoms with Crippen LogP contribution in [0.4, 0.5) is 0 Å². The van der Waals surface area contributed by atoms with E-state index in [1.54, 1.807) is 19.9 Å². The van der Waals surface area contributed by atoms with Crippen LogP contribution in [0.15, 0.2) is 23.8 Å². The quantitative estimate of drug-likeness (QED) is 0.399. The summed E-state index contributed by atoms with van der Waals surface area (Å²) in [5.74, 6) is -2.26. The van der Waals surface area contributed by atoms with E-state index in [1.807, 2.05) is 26.8 Å². The number of carbonyl (C=O) groups excluding carboxylic acids is 4. The Bertz CT molecular complexity index is 1080. The zero-order valence-corrected chi connectivity index (χ0v) is 23.4. The maximum absolute atomic E-state index is 13.9. The van der Waals surface area contributed by atoms with E-state index in [9.17, 15) is 24.3 Å². The van der Waals surface area contributed by atoms with Gasteiger partial charge >= 0.3 is 11.9 Å². The molecule has 0 amide bonds. The largest absolute Gasteiger partial charge is 0.457 e. The third-order valence-corrected chi connectivity index (χ3v) is 11.1. The van der Waals surface area contributed by atoms with Crippen LogP contribution in [0, 0.1) is 34.5 Å². The van der Waals surface area contributed by atoms with Crippen molar-refractivity contribution in [3.63, 3.8) is 0 Å². The van der Waals surface area contributed by atoms with Crippen molar-refractivity contribution in [1.82, 2.24) is 0 Å². The molecule has 204 valence electrons. The van der Waals surface area contributed by atoms with E-state index in [2.05, 4.69) is 6.92 Å². The van der Waals surface area contributed by atoms with Crippen molar-refractivity contribution in [2.45, 2.75) is 90.2 Å². The van der Waals surface area contributed by atoms with Gasteiger partial charge in [0.1, 0.15) is 0 Å². The number of halogens is 1. The number of ketones is 2. The van der Waals surface area contributed by atoms with Crippen molar-refractivity contribution >= 4 is 35.1 Å². The molecule has 1 N–H and O–H groups in total. The standard InChI is InChI=1S/C29H39ClO7/c1-7-24(34)36-15-23(33)29(37-25(35)8-2)17(4)12-20-21-11-16(3)19-13-18(31)9-10-26(19,5)28(21,30)22(32)14-27(20,29)6/h9-10,13,16-17,20-22,32H,7-8,11-12,14-15H2,1-6H3/t16-,17-,20-,21-,22-,26-,27-,28-,29-/m0/s1. The Kier molecular flexibility index (Phi) is 7.07. The van der Waals surface area contributed by atoms with Gasteiger partial charge in [0, 0.05) is 29.6 Å².